The van der Waals surface area contributed by atoms with Crippen LogP contribution in [0.5, 0.6) is 11.5 Å². The molecule has 7 heteroatoms. The highest BCUT2D eigenvalue weighted by Crippen LogP contribution is 2.27. The van der Waals surface area contributed by atoms with Gasteiger partial charge in [0.1, 0.15) is 17.6 Å². The van der Waals surface area contributed by atoms with E-state index < -0.39 is 6.10 Å². The Morgan fingerprint density at radius 3 is 2.56 bits per heavy atom. The Labute approximate surface area is 218 Å². The van der Waals surface area contributed by atoms with E-state index in [2.05, 4.69) is 39.0 Å². The standard InChI is InChI=1S/C29H39N3O3S/c1-21(33)29(35-26-11-12-28-27(20-26)30-22(2)36-28)32-16-14-31(15-17-32)13-5-6-18-34-25-10-9-23-7-3-4-8-24(23)19-25/h9-12,19-21,29,33H,3-8,13-18H2,1-2H3/t21-,29?/m1/s1. The number of unbranched alkanes of at least 4 members (excludes halogenated alkanes) is 1. The summed E-state index contributed by atoms with van der Waals surface area (Å²) in [7, 11) is 0. The summed E-state index contributed by atoms with van der Waals surface area (Å²) in [6, 6.07) is 12.7. The number of aliphatic hydroxyl groups excluding tert-OH is 1. The third kappa shape index (κ3) is 6.38. The van der Waals surface area contributed by atoms with Gasteiger partial charge in [-0.1, -0.05) is 6.07 Å². The highest BCUT2D eigenvalue weighted by Gasteiger charge is 2.28. The first-order valence-electron chi connectivity index (χ1n) is 13.5. The molecule has 0 bridgehead atoms. The summed E-state index contributed by atoms with van der Waals surface area (Å²) >= 11 is 1.69. The Bertz CT molecular complexity index is 1140. The second-order valence-electron chi connectivity index (χ2n) is 10.2. The predicted molar refractivity (Wildman–Crippen MR) is 146 cm³/mol. The molecule has 5 rings (SSSR count). The fourth-order valence-electron chi connectivity index (χ4n) is 5.38. The van der Waals surface area contributed by atoms with Gasteiger partial charge in [-0.05, 0) is 94.3 Å². The topological polar surface area (TPSA) is 58.1 Å². The Kier molecular flexibility index (Phi) is 8.42. The van der Waals surface area contributed by atoms with Gasteiger partial charge >= 0.3 is 0 Å². The number of fused-ring (bicyclic) bond motifs is 2. The van der Waals surface area contributed by atoms with Crippen LogP contribution in [0.25, 0.3) is 10.2 Å². The third-order valence-electron chi connectivity index (χ3n) is 7.36. The first-order valence-corrected chi connectivity index (χ1v) is 14.3. The first-order chi connectivity index (χ1) is 17.5. The molecule has 2 aliphatic rings. The molecule has 194 valence electrons. The number of nitrogens with zero attached hydrogens (tertiary/aromatic N) is 3. The number of ether oxygens (including phenoxy) is 2. The number of benzene rings is 2. The van der Waals surface area contributed by atoms with Crippen molar-refractivity contribution in [2.45, 2.75) is 64.7 Å². The summed E-state index contributed by atoms with van der Waals surface area (Å²) in [6.07, 6.45) is 6.30. The van der Waals surface area contributed by atoms with Gasteiger partial charge in [-0.3, -0.25) is 4.90 Å². The van der Waals surface area contributed by atoms with E-state index >= 15 is 0 Å². The zero-order chi connectivity index (χ0) is 24.9. The second-order valence-corrected chi connectivity index (χ2v) is 11.4. The summed E-state index contributed by atoms with van der Waals surface area (Å²) in [4.78, 5) is 9.34. The zero-order valence-corrected chi connectivity index (χ0v) is 22.4. The number of aryl methyl sites for hydroxylation is 3. The quantitative estimate of drug-likeness (QED) is 0.386. The molecule has 1 saturated heterocycles. The molecule has 1 aromatic heterocycles. The van der Waals surface area contributed by atoms with Gasteiger partial charge in [0.05, 0.1) is 21.8 Å². The Hall–Kier alpha value is -2.19. The lowest BCUT2D eigenvalue weighted by molar-refractivity contribution is -0.0745. The maximum Gasteiger partial charge on any atom is 0.178 e. The van der Waals surface area contributed by atoms with E-state index in [1.807, 2.05) is 26.0 Å². The molecule has 1 aliphatic heterocycles. The van der Waals surface area contributed by atoms with E-state index in [9.17, 15) is 5.11 Å². The van der Waals surface area contributed by atoms with Crippen molar-refractivity contribution >= 4 is 21.6 Å². The zero-order valence-electron chi connectivity index (χ0n) is 21.6. The van der Waals surface area contributed by atoms with Crippen molar-refractivity contribution in [3.63, 3.8) is 0 Å². The van der Waals surface area contributed by atoms with Crippen LogP contribution in [-0.2, 0) is 12.8 Å². The summed E-state index contributed by atoms with van der Waals surface area (Å²) in [5.41, 5.74) is 3.95. The molecule has 6 nitrogen and oxygen atoms in total. The van der Waals surface area contributed by atoms with Gasteiger partial charge in [-0.2, -0.15) is 0 Å². The largest absolute Gasteiger partial charge is 0.494 e. The van der Waals surface area contributed by atoms with Crippen molar-refractivity contribution in [1.82, 2.24) is 14.8 Å². The smallest absolute Gasteiger partial charge is 0.178 e. The van der Waals surface area contributed by atoms with Crippen molar-refractivity contribution in [1.29, 1.82) is 0 Å². The maximum absolute atomic E-state index is 10.5. The lowest BCUT2D eigenvalue weighted by Gasteiger charge is -2.40. The number of piperazine rings is 1. The van der Waals surface area contributed by atoms with Crippen LogP contribution in [0.1, 0.15) is 48.7 Å². The maximum atomic E-state index is 10.5. The number of hydrogen-bond donors (Lipinski definition) is 1. The van der Waals surface area contributed by atoms with E-state index in [1.54, 1.807) is 11.3 Å². The Morgan fingerprint density at radius 1 is 0.972 bits per heavy atom. The molecule has 3 aromatic rings. The van der Waals surface area contributed by atoms with E-state index in [4.69, 9.17) is 9.47 Å². The molecule has 1 N–H and O–H groups in total. The van der Waals surface area contributed by atoms with Crippen LogP contribution in [0.4, 0.5) is 0 Å². The average Bonchev–Trinajstić information content (AvgIpc) is 3.26. The van der Waals surface area contributed by atoms with Crippen molar-refractivity contribution in [2.75, 3.05) is 39.3 Å². The van der Waals surface area contributed by atoms with E-state index in [0.717, 1.165) is 78.9 Å². The van der Waals surface area contributed by atoms with Crippen LogP contribution in [0, 0.1) is 6.92 Å². The monoisotopic (exact) mass is 509 g/mol. The van der Waals surface area contributed by atoms with Gasteiger partial charge in [-0.25, -0.2) is 4.98 Å². The summed E-state index contributed by atoms with van der Waals surface area (Å²) in [6.45, 7) is 9.45. The molecule has 36 heavy (non-hydrogen) atoms. The van der Waals surface area contributed by atoms with Gasteiger partial charge in [-0.15, -0.1) is 11.3 Å². The summed E-state index contributed by atoms with van der Waals surface area (Å²) < 4.78 is 13.5. The summed E-state index contributed by atoms with van der Waals surface area (Å²) in [5, 5.41) is 11.5. The molecule has 1 fully saturated rings. The molecule has 0 amide bonds. The molecule has 1 aliphatic carbocycles. The molecule has 0 spiro atoms. The van der Waals surface area contributed by atoms with Crippen molar-refractivity contribution < 1.29 is 14.6 Å². The first kappa shape index (κ1) is 25.5. The molecule has 0 radical (unpaired) electrons. The van der Waals surface area contributed by atoms with Crippen LogP contribution >= 0.6 is 11.3 Å². The van der Waals surface area contributed by atoms with Gasteiger partial charge in [0.2, 0.25) is 0 Å². The van der Waals surface area contributed by atoms with Gasteiger partial charge in [0, 0.05) is 32.2 Å². The molecule has 2 aromatic carbocycles. The SMILES string of the molecule is Cc1nc2cc(OC([C@@H](C)O)N3CCN(CCCCOc4ccc5c(c4)CCCC5)CC3)ccc2s1. The molecule has 2 heterocycles. The fraction of sp³-hybridized carbons (Fsp3) is 0.552. The molecule has 0 saturated carbocycles. The Morgan fingerprint density at radius 2 is 1.75 bits per heavy atom. The minimum atomic E-state index is -0.579. The number of rotatable bonds is 10. The number of aromatic nitrogens is 1. The van der Waals surface area contributed by atoms with Crippen LogP contribution in [-0.4, -0.2) is 71.6 Å². The van der Waals surface area contributed by atoms with Crippen LogP contribution in [0.3, 0.4) is 0 Å². The molecular weight excluding hydrogens is 470 g/mol. The van der Waals surface area contributed by atoms with Crippen molar-refractivity contribution in [3.05, 3.63) is 52.5 Å². The highest BCUT2D eigenvalue weighted by atomic mass is 32.1. The van der Waals surface area contributed by atoms with E-state index in [-0.39, 0.29) is 6.23 Å². The van der Waals surface area contributed by atoms with Crippen LogP contribution in [0.15, 0.2) is 36.4 Å². The van der Waals surface area contributed by atoms with E-state index in [1.165, 1.54) is 36.8 Å². The lowest BCUT2D eigenvalue weighted by atomic mass is 9.92. The van der Waals surface area contributed by atoms with E-state index in [0.29, 0.717) is 0 Å². The number of aliphatic hydroxyl groups is 1. The van der Waals surface area contributed by atoms with Gasteiger partial charge in [0.25, 0.3) is 0 Å². The predicted octanol–water partition coefficient (Wildman–Crippen LogP) is 5.05. The molecular formula is C29H39N3O3S. The second kappa shape index (κ2) is 11.9. The minimum Gasteiger partial charge on any atom is -0.494 e. The lowest BCUT2D eigenvalue weighted by Crippen LogP contribution is -2.55. The fourth-order valence-corrected chi connectivity index (χ4v) is 6.19. The number of thiazole rings is 1. The van der Waals surface area contributed by atoms with Gasteiger partial charge in [0.15, 0.2) is 6.23 Å². The van der Waals surface area contributed by atoms with Crippen LogP contribution in [0.2, 0.25) is 0 Å². The normalized spacial score (nSPS) is 18.6. The van der Waals surface area contributed by atoms with Crippen molar-refractivity contribution in [2.24, 2.45) is 0 Å². The summed E-state index contributed by atoms with van der Waals surface area (Å²) in [5.74, 6) is 1.79. The Balaban J connectivity index is 1.03. The molecule has 2 atom stereocenters. The minimum absolute atomic E-state index is 0.352. The number of hydrogen-bond acceptors (Lipinski definition) is 7. The van der Waals surface area contributed by atoms with Crippen molar-refractivity contribution in [3.8, 4) is 11.5 Å². The average molecular weight is 510 g/mol. The van der Waals surface area contributed by atoms with Crippen LogP contribution < -0.4 is 9.47 Å². The molecule has 1 unspecified atom stereocenters. The van der Waals surface area contributed by atoms with Gasteiger partial charge < -0.3 is 19.5 Å². The third-order valence-corrected chi connectivity index (χ3v) is 8.31. The highest BCUT2D eigenvalue weighted by molar-refractivity contribution is 7.18.